The van der Waals surface area contributed by atoms with E-state index in [4.69, 9.17) is 15.3 Å². The molecule has 0 spiro atoms. The minimum Gasteiger partial charge on any atom is -0.481 e. The molecule has 9 heteroatoms. The largest absolute Gasteiger partial charge is 0.481 e. The zero-order valence-electron chi connectivity index (χ0n) is 10.2. The molecular formula is C10H15NO8. The number of ether oxygens (including phenoxy) is 1. The van der Waals surface area contributed by atoms with Crippen LogP contribution < -0.4 is 5.32 Å². The first-order chi connectivity index (χ1) is 8.77. The standard InChI is InChI=1S/C10H15NO8/c1-5(13)11-6(2-3-8(15)16)9(17)19-10(18)7(14)4-12/h6-7,12,14H,2-4H2,1H3,(H,11,13)(H,15,16)/t6-,7?/m0/s1. The summed E-state index contributed by atoms with van der Waals surface area (Å²) in [6, 6.07) is -1.32. The number of carboxylic acid groups (broad SMARTS) is 1. The summed E-state index contributed by atoms with van der Waals surface area (Å²) < 4.78 is 4.20. The summed E-state index contributed by atoms with van der Waals surface area (Å²) in [6.45, 7) is 0.178. The molecule has 0 saturated carbocycles. The smallest absolute Gasteiger partial charge is 0.345 e. The number of carboxylic acids is 1. The second kappa shape index (κ2) is 8.16. The number of carbonyl (C=O) groups excluding carboxylic acids is 3. The molecule has 0 saturated heterocycles. The van der Waals surface area contributed by atoms with Crippen LogP contribution in [0.25, 0.3) is 0 Å². The lowest BCUT2D eigenvalue weighted by Gasteiger charge is -2.15. The van der Waals surface area contributed by atoms with E-state index in [1.165, 1.54) is 0 Å². The number of carbonyl (C=O) groups is 4. The molecule has 108 valence electrons. The van der Waals surface area contributed by atoms with Crippen LogP contribution in [0.3, 0.4) is 0 Å². The van der Waals surface area contributed by atoms with E-state index in [-0.39, 0.29) is 6.42 Å². The quantitative estimate of drug-likeness (QED) is 0.302. The van der Waals surface area contributed by atoms with E-state index in [0.29, 0.717) is 0 Å². The Morgan fingerprint density at radius 3 is 2.21 bits per heavy atom. The molecule has 0 aromatic carbocycles. The maximum Gasteiger partial charge on any atom is 0.345 e. The van der Waals surface area contributed by atoms with Crippen molar-refractivity contribution in [3.05, 3.63) is 0 Å². The number of aliphatic hydroxyl groups excluding tert-OH is 2. The Labute approximate surface area is 108 Å². The molecule has 0 aliphatic carbocycles. The van der Waals surface area contributed by atoms with E-state index < -0.39 is 49.0 Å². The van der Waals surface area contributed by atoms with Gasteiger partial charge in [-0.15, -0.1) is 0 Å². The first-order valence-electron chi connectivity index (χ1n) is 5.31. The number of aliphatic hydroxyl groups is 2. The van der Waals surface area contributed by atoms with Crippen molar-refractivity contribution >= 4 is 23.8 Å². The zero-order valence-corrected chi connectivity index (χ0v) is 10.2. The molecule has 2 atom stereocenters. The number of rotatable bonds is 7. The van der Waals surface area contributed by atoms with Crippen LogP contribution in [0.5, 0.6) is 0 Å². The Kier molecular flexibility index (Phi) is 7.30. The third-order valence-corrected chi connectivity index (χ3v) is 1.96. The molecule has 4 N–H and O–H groups in total. The van der Waals surface area contributed by atoms with Gasteiger partial charge in [0.25, 0.3) is 0 Å². The van der Waals surface area contributed by atoms with Crippen LogP contribution in [0.1, 0.15) is 19.8 Å². The number of amides is 1. The highest BCUT2D eigenvalue weighted by molar-refractivity contribution is 5.92. The first-order valence-corrected chi connectivity index (χ1v) is 5.31. The van der Waals surface area contributed by atoms with Crippen LogP contribution >= 0.6 is 0 Å². The van der Waals surface area contributed by atoms with Gasteiger partial charge >= 0.3 is 17.9 Å². The number of hydrogen-bond acceptors (Lipinski definition) is 7. The number of esters is 2. The summed E-state index contributed by atoms with van der Waals surface area (Å²) in [5, 5.41) is 28.0. The van der Waals surface area contributed by atoms with Gasteiger partial charge in [-0.05, 0) is 6.42 Å². The Bertz CT molecular complexity index is 367. The lowest BCUT2D eigenvalue weighted by Crippen LogP contribution is -2.43. The summed E-state index contributed by atoms with van der Waals surface area (Å²) >= 11 is 0. The van der Waals surface area contributed by atoms with E-state index in [0.717, 1.165) is 6.92 Å². The highest BCUT2D eigenvalue weighted by Crippen LogP contribution is 2.02. The average Bonchev–Trinajstić information content (AvgIpc) is 2.32. The van der Waals surface area contributed by atoms with E-state index in [1.807, 2.05) is 0 Å². The third kappa shape index (κ3) is 7.11. The number of hydrogen-bond donors (Lipinski definition) is 4. The lowest BCUT2D eigenvalue weighted by atomic mass is 10.1. The Morgan fingerprint density at radius 2 is 1.79 bits per heavy atom. The second-order valence-corrected chi connectivity index (χ2v) is 3.62. The van der Waals surface area contributed by atoms with Gasteiger partial charge in [-0.1, -0.05) is 0 Å². The van der Waals surface area contributed by atoms with E-state index >= 15 is 0 Å². The van der Waals surface area contributed by atoms with Crippen molar-refractivity contribution in [1.29, 1.82) is 0 Å². The molecule has 19 heavy (non-hydrogen) atoms. The van der Waals surface area contributed by atoms with Gasteiger partial charge in [-0.25, -0.2) is 9.59 Å². The van der Waals surface area contributed by atoms with E-state index in [9.17, 15) is 19.2 Å². The lowest BCUT2D eigenvalue weighted by molar-refractivity contribution is -0.169. The topological polar surface area (TPSA) is 150 Å². The summed E-state index contributed by atoms with van der Waals surface area (Å²) in [5.74, 6) is -4.38. The Morgan fingerprint density at radius 1 is 1.21 bits per heavy atom. The summed E-state index contributed by atoms with van der Waals surface area (Å²) in [7, 11) is 0. The number of aliphatic carboxylic acids is 1. The maximum atomic E-state index is 11.5. The molecule has 0 aliphatic heterocycles. The van der Waals surface area contributed by atoms with E-state index in [2.05, 4.69) is 10.1 Å². The van der Waals surface area contributed by atoms with Crippen molar-refractivity contribution in [2.75, 3.05) is 6.61 Å². The van der Waals surface area contributed by atoms with Crippen LogP contribution in [0.4, 0.5) is 0 Å². The van der Waals surface area contributed by atoms with Crippen LogP contribution in [-0.4, -0.2) is 57.9 Å². The van der Waals surface area contributed by atoms with Gasteiger partial charge in [-0.3, -0.25) is 9.59 Å². The molecular weight excluding hydrogens is 262 g/mol. The van der Waals surface area contributed by atoms with Gasteiger partial charge in [0.2, 0.25) is 5.91 Å². The van der Waals surface area contributed by atoms with Gasteiger partial charge in [0.1, 0.15) is 6.04 Å². The van der Waals surface area contributed by atoms with E-state index in [1.54, 1.807) is 0 Å². The monoisotopic (exact) mass is 277 g/mol. The van der Waals surface area contributed by atoms with Crippen molar-refractivity contribution in [2.24, 2.45) is 0 Å². The molecule has 0 radical (unpaired) electrons. The fourth-order valence-electron chi connectivity index (χ4n) is 1.07. The minimum absolute atomic E-state index is 0.268. The summed E-state index contributed by atoms with van der Waals surface area (Å²) in [5.41, 5.74) is 0. The predicted molar refractivity (Wildman–Crippen MR) is 58.7 cm³/mol. The average molecular weight is 277 g/mol. The Balaban J connectivity index is 4.57. The summed E-state index contributed by atoms with van der Waals surface area (Å²) in [6.07, 6.45) is -2.56. The molecule has 0 bridgehead atoms. The van der Waals surface area contributed by atoms with Gasteiger partial charge in [0, 0.05) is 13.3 Å². The van der Waals surface area contributed by atoms with Crippen molar-refractivity contribution in [1.82, 2.24) is 5.32 Å². The molecule has 1 amide bonds. The minimum atomic E-state index is -1.87. The van der Waals surface area contributed by atoms with Gasteiger partial charge in [0.05, 0.1) is 6.61 Å². The molecule has 0 heterocycles. The van der Waals surface area contributed by atoms with Crippen LogP contribution in [0.2, 0.25) is 0 Å². The number of nitrogens with one attached hydrogen (secondary N) is 1. The highest BCUT2D eigenvalue weighted by atomic mass is 16.6. The van der Waals surface area contributed by atoms with Gasteiger partial charge < -0.3 is 25.4 Å². The molecule has 1 unspecified atom stereocenters. The molecule has 0 aromatic rings. The molecule has 0 aromatic heterocycles. The van der Waals surface area contributed by atoms with Crippen LogP contribution in [-0.2, 0) is 23.9 Å². The fourth-order valence-corrected chi connectivity index (χ4v) is 1.07. The molecule has 0 rings (SSSR count). The highest BCUT2D eigenvalue weighted by Gasteiger charge is 2.27. The predicted octanol–water partition coefficient (Wildman–Crippen LogP) is -2.22. The maximum absolute atomic E-state index is 11.5. The van der Waals surface area contributed by atoms with Crippen molar-refractivity contribution in [3.8, 4) is 0 Å². The van der Waals surface area contributed by atoms with Crippen molar-refractivity contribution in [2.45, 2.75) is 31.9 Å². The first kappa shape index (κ1) is 17.0. The fraction of sp³-hybridized carbons (Fsp3) is 0.600. The second-order valence-electron chi connectivity index (χ2n) is 3.62. The Hall–Kier alpha value is -2.00. The zero-order chi connectivity index (χ0) is 15.0. The van der Waals surface area contributed by atoms with Gasteiger partial charge in [0.15, 0.2) is 6.10 Å². The SMILES string of the molecule is CC(=O)N[C@@H](CCC(=O)O)C(=O)OC(=O)C(O)CO. The molecule has 9 nitrogen and oxygen atoms in total. The summed E-state index contributed by atoms with van der Waals surface area (Å²) in [4.78, 5) is 43.7. The third-order valence-electron chi connectivity index (χ3n) is 1.96. The molecule has 0 aliphatic rings. The van der Waals surface area contributed by atoms with Crippen molar-refractivity contribution in [3.63, 3.8) is 0 Å². The molecule has 0 fully saturated rings. The van der Waals surface area contributed by atoms with Gasteiger partial charge in [-0.2, -0.15) is 0 Å². The van der Waals surface area contributed by atoms with Crippen LogP contribution in [0.15, 0.2) is 0 Å². The van der Waals surface area contributed by atoms with Crippen LogP contribution in [0, 0.1) is 0 Å². The normalized spacial score (nSPS) is 13.2. The van der Waals surface area contributed by atoms with Crippen molar-refractivity contribution < 1.29 is 39.2 Å².